The molecule has 0 aliphatic heterocycles. The van der Waals surface area contributed by atoms with Crippen LogP contribution < -0.4 is 11.1 Å². The minimum absolute atomic E-state index is 0. The highest BCUT2D eigenvalue weighted by Crippen LogP contribution is 2.27. The minimum Gasteiger partial charge on any atom is -0.370 e. The molecule has 3 N–H and O–H groups in total. The lowest BCUT2D eigenvalue weighted by atomic mass is 9.98. The van der Waals surface area contributed by atoms with Gasteiger partial charge in [-0.3, -0.25) is 4.79 Å². The number of hydrogen-bond donors (Lipinski definition) is 2. The zero-order chi connectivity index (χ0) is 13.8. The number of rotatable bonds is 5. The second kappa shape index (κ2) is 7.31. The van der Waals surface area contributed by atoms with Gasteiger partial charge >= 0.3 is 6.18 Å². The van der Waals surface area contributed by atoms with Crippen molar-refractivity contribution in [2.75, 3.05) is 13.2 Å². The maximum Gasteiger partial charge on any atom is 0.411 e. The first-order valence-corrected chi connectivity index (χ1v) is 5.97. The van der Waals surface area contributed by atoms with E-state index < -0.39 is 24.4 Å². The molecule has 0 saturated heterocycles. The van der Waals surface area contributed by atoms with Crippen molar-refractivity contribution in [2.24, 2.45) is 5.73 Å². The van der Waals surface area contributed by atoms with Gasteiger partial charge < -0.3 is 15.8 Å². The van der Waals surface area contributed by atoms with Gasteiger partial charge in [0.2, 0.25) is 5.91 Å². The van der Waals surface area contributed by atoms with Crippen LogP contribution in [0.2, 0.25) is 0 Å². The number of nitrogens with two attached hydrogens (primary N) is 1. The molecule has 1 fully saturated rings. The summed E-state index contributed by atoms with van der Waals surface area (Å²) < 4.78 is 40.0. The molecule has 19 heavy (non-hydrogen) atoms. The Hall–Kier alpha value is -0.530. The summed E-state index contributed by atoms with van der Waals surface area (Å²) in [6.07, 6.45) is -1.29. The largest absolute Gasteiger partial charge is 0.411 e. The number of halogens is 4. The molecule has 0 bridgehead atoms. The van der Waals surface area contributed by atoms with Gasteiger partial charge in [-0.25, -0.2) is 0 Å². The van der Waals surface area contributed by atoms with Gasteiger partial charge in [0.15, 0.2) is 0 Å². The summed E-state index contributed by atoms with van der Waals surface area (Å²) in [5.74, 6) is -0.303. The third kappa shape index (κ3) is 6.44. The Kier molecular flexibility index (Phi) is 7.10. The summed E-state index contributed by atoms with van der Waals surface area (Å²) in [6.45, 7) is 0.106. The molecule has 1 saturated carbocycles. The monoisotopic (exact) mass is 304 g/mol. The Labute approximate surface area is 116 Å². The summed E-state index contributed by atoms with van der Waals surface area (Å²) in [5, 5.41) is 2.59. The Morgan fingerprint density at radius 2 is 1.95 bits per heavy atom. The average Bonchev–Trinajstić information content (AvgIpc) is 2.64. The Morgan fingerprint density at radius 1 is 1.42 bits per heavy atom. The maximum absolute atomic E-state index is 11.8. The van der Waals surface area contributed by atoms with Gasteiger partial charge in [0.05, 0.1) is 12.1 Å². The highest BCUT2D eigenvalue weighted by Gasteiger charge is 2.37. The molecule has 0 aromatic heterocycles. The molecule has 1 aliphatic rings. The molecule has 1 rings (SSSR count). The van der Waals surface area contributed by atoms with Gasteiger partial charge in [0, 0.05) is 6.04 Å². The molecule has 0 heterocycles. The topological polar surface area (TPSA) is 64.3 Å². The van der Waals surface area contributed by atoms with E-state index in [1.807, 2.05) is 0 Å². The Balaban J connectivity index is 0.00000324. The van der Waals surface area contributed by atoms with Crippen LogP contribution in [0.1, 0.15) is 32.6 Å². The van der Waals surface area contributed by atoms with Gasteiger partial charge in [-0.1, -0.05) is 12.8 Å². The Bertz CT molecular complexity index is 294. The number of alkyl halides is 3. The fourth-order valence-corrected chi connectivity index (χ4v) is 1.99. The van der Waals surface area contributed by atoms with Gasteiger partial charge in [0.1, 0.15) is 6.61 Å². The molecular weight excluding hydrogens is 285 g/mol. The summed E-state index contributed by atoms with van der Waals surface area (Å²) in [7, 11) is 0. The molecule has 1 atom stereocenters. The summed E-state index contributed by atoms with van der Waals surface area (Å²) in [6, 6.07) is -0.485. The van der Waals surface area contributed by atoms with Gasteiger partial charge in [-0.15, -0.1) is 12.4 Å². The first-order chi connectivity index (χ1) is 8.23. The van der Waals surface area contributed by atoms with E-state index in [1.54, 1.807) is 6.92 Å². The summed E-state index contributed by atoms with van der Waals surface area (Å²) >= 11 is 0. The standard InChI is InChI=1S/C11H19F3N2O2.ClH/c1-8(6-18-7-11(12,13)14)16-9(17)10(15)4-2-3-5-10;/h8H,2-7,15H2,1H3,(H,16,17);1H. The highest BCUT2D eigenvalue weighted by molar-refractivity contribution is 5.86. The predicted octanol–water partition coefficient (Wildman–Crippen LogP) is 1.76. The molecule has 0 spiro atoms. The first kappa shape index (κ1) is 18.5. The van der Waals surface area contributed by atoms with E-state index in [0.29, 0.717) is 12.8 Å². The molecule has 0 aromatic rings. The second-order valence-corrected chi connectivity index (χ2v) is 4.87. The zero-order valence-corrected chi connectivity index (χ0v) is 11.6. The fourth-order valence-electron chi connectivity index (χ4n) is 1.99. The average molecular weight is 305 g/mol. The van der Waals surface area contributed by atoms with E-state index >= 15 is 0 Å². The van der Waals surface area contributed by atoms with Crippen molar-refractivity contribution < 1.29 is 22.7 Å². The van der Waals surface area contributed by atoms with Crippen LogP contribution in [0, 0.1) is 0 Å². The quantitative estimate of drug-likeness (QED) is 0.813. The van der Waals surface area contributed by atoms with E-state index in [2.05, 4.69) is 10.1 Å². The summed E-state index contributed by atoms with van der Waals surface area (Å²) in [4.78, 5) is 11.8. The molecule has 4 nitrogen and oxygen atoms in total. The molecule has 8 heteroatoms. The fraction of sp³-hybridized carbons (Fsp3) is 0.909. The van der Waals surface area contributed by atoms with Gasteiger partial charge in [0.25, 0.3) is 0 Å². The second-order valence-electron chi connectivity index (χ2n) is 4.87. The maximum atomic E-state index is 11.8. The SMILES string of the molecule is CC(COCC(F)(F)F)NC(=O)C1(N)CCCC1.Cl. The number of carbonyl (C=O) groups is 1. The van der Waals surface area contributed by atoms with E-state index in [1.165, 1.54) is 0 Å². The number of ether oxygens (including phenoxy) is 1. The van der Waals surface area contributed by atoms with E-state index in [0.717, 1.165) is 12.8 Å². The number of hydrogen-bond acceptors (Lipinski definition) is 3. The van der Waals surface area contributed by atoms with Crippen LogP contribution in [0.15, 0.2) is 0 Å². The lowest BCUT2D eigenvalue weighted by Gasteiger charge is -2.25. The van der Waals surface area contributed by atoms with Crippen molar-refractivity contribution in [3.8, 4) is 0 Å². The molecule has 1 aliphatic carbocycles. The molecule has 0 radical (unpaired) electrons. The van der Waals surface area contributed by atoms with Crippen LogP contribution in [0.4, 0.5) is 13.2 Å². The smallest absolute Gasteiger partial charge is 0.370 e. The molecule has 1 unspecified atom stereocenters. The van der Waals surface area contributed by atoms with Crippen LogP contribution in [-0.2, 0) is 9.53 Å². The molecule has 114 valence electrons. The first-order valence-electron chi connectivity index (χ1n) is 5.97. The van der Waals surface area contributed by atoms with E-state index in [-0.39, 0.29) is 24.9 Å². The highest BCUT2D eigenvalue weighted by atomic mass is 35.5. The third-order valence-corrected chi connectivity index (χ3v) is 2.96. The molecule has 0 aromatic carbocycles. The number of carbonyl (C=O) groups excluding carboxylic acids is 1. The lowest BCUT2D eigenvalue weighted by Crippen LogP contribution is -2.54. The third-order valence-electron chi connectivity index (χ3n) is 2.96. The lowest BCUT2D eigenvalue weighted by molar-refractivity contribution is -0.175. The van der Waals surface area contributed by atoms with Crippen LogP contribution in [0.25, 0.3) is 0 Å². The van der Waals surface area contributed by atoms with Crippen LogP contribution in [0.5, 0.6) is 0 Å². The van der Waals surface area contributed by atoms with Crippen molar-refractivity contribution in [1.29, 1.82) is 0 Å². The van der Waals surface area contributed by atoms with Crippen LogP contribution in [-0.4, -0.2) is 36.9 Å². The normalized spacial score (nSPS) is 19.6. The van der Waals surface area contributed by atoms with Crippen LogP contribution >= 0.6 is 12.4 Å². The van der Waals surface area contributed by atoms with Gasteiger partial charge in [-0.05, 0) is 19.8 Å². The number of nitrogens with one attached hydrogen (secondary N) is 1. The predicted molar refractivity (Wildman–Crippen MR) is 67.1 cm³/mol. The van der Waals surface area contributed by atoms with Gasteiger partial charge in [-0.2, -0.15) is 13.2 Å². The molecule has 1 amide bonds. The van der Waals surface area contributed by atoms with Crippen molar-refractivity contribution >= 4 is 18.3 Å². The Morgan fingerprint density at radius 3 is 2.42 bits per heavy atom. The number of amides is 1. The van der Waals surface area contributed by atoms with Crippen molar-refractivity contribution in [1.82, 2.24) is 5.32 Å². The van der Waals surface area contributed by atoms with Crippen molar-refractivity contribution in [3.05, 3.63) is 0 Å². The molecular formula is C11H20ClF3N2O2. The zero-order valence-electron chi connectivity index (χ0n) is 10.8. The minimum atomic E-state index is -4.34. The van der Waals surface area contributed by atoms with E-state index in [9.17, 15) is 18.0 Å². The summed E-state index contributed by atoms with van der Waals surface area (Å²) in [5.41, 5.74) is 5.05. The van der Waals surface area contributed by atoms with Crippen molar-refractivity contribution in [3.63, 3.8) is 0 Å². The van der Waals surface area contributed by atoms with E-state index in [4.69, 9.17) is 5.73 Å². The van der Waals surface area contributed by atoms with Crippen molar-refractivity contribution in [2.45, 2.75) is 50.4 Å². The van der Waals surface area contributed by atoms with Crippen LogP contribution in [0.3, 0.4) is 0 Å².